The molecule has 0 amide bonds. The van der Waals surface area contributed by atoms with E-state index in [0.717, 1.165) is 51.3 Å². The van der Waals surface area contributed by atoms with Gasteiger partial charge in [0, 0.05) is 38.3 Å². The van der Waals surface area contributed by atoms with E-state index in [1.807, 2.05) is 12.1 Å². The third kappa shape index (κ3) is 4.35. The molecule has 0 saturated carbocycles. The van der Waals surface area contributed by atoms with Crippen LogP contribution in [0.2, 0.25) is 0 Å². The first-order valence-electron chi connectivity index (χ1n) is 7.95. The summed E-state index contributed by atoms with van der Waals surface area (Å²) >= 11 is 0. The molecule has 0 radical (unpaired) electrons. The Hall–Kier alpha value is -1.26. The topological polar surface area (TPSA) is 41.7 Å². The molecule has 118 valence electrons. The highest BCUT2D eigenvalue weighted by Gasteiger charge is 2.25. The van der Waals surface area contributed by atoms with Crippen LogP contribution in [-0.4, -0.2) is 50.3 Å². The average molecular weight is 291 g/mol. The second-order valence-electron chi connectivity index (χ2n) is 6.34. The van der Waals surface area contributed by atoms with Crippen LogP contribution in [0.5, 0.6) is 5.75 Å². The summed E-state index contributed by atoms with van der Waals surface area (Å²) in [4.78, 5) is 4.89. The highest BCUT2D eigenvalue weighted by Crippen LogP contribution is 2.28. The molecular weight excluding hydrogens is 262 g/mol. The summed E-state index contributed by atoms with van der Waals surface area (Å²) in [5.41, 5.74) is 7.50. The molecule has 4 nitrogen and oxygen atoms in total. The lowest BCUT2D eigenvalue weighted by molar-refractivity contribution is 0.199. The van der Waals surface area contributed by atoms with Crippen LogP contribution in [0.1, 0.15) is 26.7 Å². The smallest absolute Gasteiger partial charge is 0.142 e. The van der Waals surface area contributed by atoms with E-state index < -0.39 is 0 Å². The fraction of sp³-hybridized carbons (Fsp3) is 0.647. The lowest BCUT2D eigenvalue weighted by Gasteiger charge is -2.40. The second-order valence-corrected chi connectivity index (χ2v) is 6.34. The monoisotopic (exact) mass is 291 g/mol. The Morgan fingerprint density at radius 1 is 1.19 bits per heavy atom. The molecule has 0 bridgehead atoms. The normalized spacial score (nSPS) is 19.3. The molecule has 1 aliphatic heterocycles. The molecule has 4 heteroatoms. The van der Waals surface area contributed by atoms with E-state index in [1.54, 1.807) is 7.11 Å². The Balaban J connectivity index is 1.91. The zero-order valence-corrected chi connectivity index (χ0v) is 13.6. The molecule has 1 heterocycles. The van der Waals surface area contributed by atoms with Gasteiger partial charge in [0.15, 0.2) is 0 Å². The van der Waals surface area contributed by atoms with E-state index >= 15 is 0 Å². The van der Waals surface area contributed by atoms with E-state index in [4.69, 9.17) is 10.5 Å². The molecule has 2 N–H and O–H groups in total. The minimum atomic E-state index is -0.0681. The van der Waals surface area contributed by atoms with Crippen molar-refractivity contribution in [3.8, 4) is 5.75 Å². The summed E-state index contributed by atoms with van der Waals surface area (Å²) in [7, 11) is 1.74. The predicted octanol–water partition coefficient (Wildman–Crippen LogP) is 2.33. The van der Waals surface area contributed by atoms with E-state index in [0.29, 0.717) is 0 Å². The first-order valence-corrected chi connectivity index (χ1v) is 7.95. The van der Waals surface area contributed by atoms with Crippen LogP contribution in [0, 0.1) is 0 Å². The lowest BCUT2D eigenvalue weighted by atomic mass is 9.96. The third-order valence-electron chi connectivity index (χ3n) is 4.20. The number of anilines is 1. The van der Waals surface area contributed by atoms with Gasteiger partial charge in [-0.15, -0.1) is 0 Å². The van der Waals surface area contributed by atoms with Crippen LogP contribution in [0.15, 0.2) is 24.3 Å². The molecule has 0 spiro atoms. The Morgan fingerprint density at radius 3 is 2.48 bits per heavy atom. The Morgan fingerprint density at radius 2 is 1.86 bits per heavy atom. The van der Waals surface area contributed by atoms with Crippen LogP contribution < -0.4 is 15.4 Å². The largest absolute Gasteiger partial charge is 0.495 e. The number of nitrogens with zero attached hydrogens (tertiary/aromatic N) is 2. The summed E-state index contributed by atoms with van der Waals surface area (Å²) in [6.45, 7) is 9.54. The molecule has 21 heavy (non-hydrogen) atoms. The van der Waals surface area contributed by atoms with Crippen molar-refractivity contribution in [3.63, 3.8) is 0 Å². The number of rotatable bonds is 6. The van der Waals surface area contributed by atoms with Crippen molar-refractivity contribution in [1.29, 1.82) is 0 Å². The van der Waals surface area contributed by atoms with Gasteiger partial charge in [-0.3, -0.25) is 4.90 Å². The minimum absolute atomic E-state index is 0.0681. The van der Waals surface area contributed by atoms with E-state index in [-0.39, 0.29) is 5.54 Å². The molecule has 1 aromatic carbocycles. The maximum absolute atomic E-state index is 6.37. The van der Waals surface area contributed by atoms with Gasteiger partial charge in [-0.05, 0) is 25.5 Å². The maximum atomic E-state index is 6.37. The van der Waals surface area contributed by atoms with Crippen molar-refractivity contribution in [2.75, 3.05) is 44.7 Å². The fourth-order valence-corrected chi connectivity index (χ4v) is 3.20. The Labute approximate surface area is 128 Å². The highest BCUT2D eigenvalue weighted by atomic mass is 16.5. The van der Waals surface area contributed by atoms with E-state index in [2.05, 4.69) is 35.8 Å². The fourth-order valence-electron chi connectivity index (χ4n) is 3.20. The molecule has 0 aromatic heterocycles. The van der Waals surface area contributed by atoms with Gasteiger partial charge in [-0.25, -0.2) is 0 Å². The third-order valence-corrected chi connectivity index (χ3v) is 4.20. The van der Waals surface area contributed by atoms with Crippen molar-refractivity contribution in [1.82, 2.24) is 4.90 Å². The number of hydrogen-bond acceptors (Lipinski definition) is 4. The molecular formula is C17H29N3O. The first kappa shape index (κ1) is 16.1. The quantitative estimate of drug-likeness (QED) is 0.873. The van der Waals surface area contributed by atoms with Crippen LogP contribution in [0.25, 0.3) is 0 Å². The van der Waals surface area contributed by atoms with Crippen molar-refractivity contribution in [3.05, 3.63) is 24.3 Å². The Bertz CT molecular complexity index is 439. The van der Waals surface area contributed by atoms with Crippen molar-refractivity contribution in [2.24, 2.45) is 5.73 Å². The maximum Gasteiger partial charge on any atom is 0.142 e. The molecule has 1 aromatic rings. The molecule has 1 fully saturated rings. The molecule has 1 aliphatic rings. The number of para-hydroxylation sites is 2. The number of methoxy groups -OCH3 is 1. The van der Waals surface area contributed by atoms with Crippen LogP contribution in [0.3, 0.4) is 0 Å². The second kappa shape index (κ2) is 7.14. The van der Waals surface area contributed by atoms with Crippen LogP contribution in [0.4, 0.5) is 5.69 Å². The van der Waals surface area contributed by atoms with Crippen LogP contribution in [-0.2, 0) is 0 Å². The van der Waals surface area contributed by atoms with Gasteiger partial charge in [0.05, 0.1) is 12.8 Å². The number of benzene rings is 1. The molecule has 0 aliphatic carbocycles. The van der Waals surface area contributed by atoms with E-state index in [9.17, 15) is 0 Å². The lowest BCUT2D eigenvalue weighted by Crippen LogP contribution is -2.54. The first-order chi connectivity index (χ1) is 10.1. The average Bonchev–Trinajstić information content (AvgIpc) is 2.47. The minimum Gasteiger partial charge on any atom is -0.495 e. The van der Waals surface area contributed by atoms with Gasteiger partial charge in [0.1, 0.15) is 5.75 Å². The predicted molar refractivity (Wildman–Crippen MR) is 89.1 cm³/mol. The summed E-state index contributed by atoms with van der Waals surface area (Å²) < 4.78 is 5.46. The van der Waals surface area contributed by atoms with Gasteiger partial charge < -0.3 is 15.4 Å². The van der Waals surface area contributed by atoms with Crippen molar-refractivity contribution >= 4 is 5.69 Å². The van der Waals surface area contributed by atoms with Gasteiger partial charge in [-0.2, -0.15) is 0 Å². The number of nitrogens with two attached hydrogens (primary N) is 1. The van der Waals surface area contributed by atoms with Gasteiger partial charge in [-0.1, -0.05) is 25.5 Å². The molecule has 1 unspecified atom stereocenters. The molecule has 1 saturated heterocycles. The van der Waals surface area contributed by atoms with Gasteiger partial charge >= 0.3 is 0 Å². The summed E-state index contributed by atoms with van der Waals surface area (Å²) in [6, 6.07) is 8.25. The summed E-state index contributed by atoms with van der Waals surface area (Å²) in [6.07, 6.45) is 2.23. The van der Waals surface area contributed by atoms with Crippen molar-refractivity contribution in [2.45, 2.75) is 32.2 Å². The zero-order valence-electron chi connectivity index (χ0n) is 13.6. The highest BCUT2D eigenvalue weighted by molar-refractivity contribution is 5.58. The van der Waals surface area contributed by atoms with Gasteiger partial charge in [0.25, 0.3) is 0 Å². The summed E-state index contributed by atoms with van der Waals surface area (Å²) in [5, 5.41) is 0. The summed E-state index contributed by atoms with van der Waals surface area (Å²) in [5.74, 6) is 0.959. The van der Waals surface area contributed by atoms with E-state index in [1.165, 1.54) is 5.69 Å². The number of hydrogen-bond donors (Lipinski definition) is 1. The van der Waals surface area contributed by atoms with Crippen molar-refractivity contribution < 1.29 is 4.74 Å². The number of ether oxygens (including phenoxy) is 1. The molecule has 1 atom stereocenters. The number of piperazine rings is 1. The zero-order chi connectivity index (χ0) is 15.3. The Kier molecular flexibility index (Phi) is 5.48. The standard InChI is InChI=1S/C17H29N3O/c1-4-9-17(2,18)14-19-10-12-20(13-11-19)15-7-5-6-8-16(15)21-3/h5-8H,4,9-14,18H2,1-3H3. The SMILES string of the molecule is CCCC(C)(N)CN1CCN(c2ccccc2OC)CC1. The van der Waals surface area contributed by atoms with Crippen LogP contribution >= 0.6 is 0 Å². The van der Waals surface area contributed by atoms with Gasteiger partial charge in [0.2, 0.25) is 0 Å². The molecule has 2 rings (SSSR count).